The first kappa shape index (κ1) is 26.7. The van der Waals surface area contributed by atoms with E-state index in [0.717, 1.165) is 0 Å². The van der Waals surface area contributed by atoms with Gasteiger partial charge in [0.25, 0.3) is 5.91 Å². The summed E-state index contributed by atoms with van der Waals surface area (Å²) in [6, 6.07) is 0.180. The Bertz CT molecular complexity index is 960. The van der Waals surface area contributed by atoms with E-state index in [2.05, 4.69) is 10.3 Å². The van der Waals surface area contributed by atoms with Crippen molar-refractivity contribution in [2.45, 2.75) is 66.2 Å². The number of nitrogens with zero attached hydrogens (tertiary/aromatic N) is 1. The summed E-state index contributed by atoms with van der Waals surface area (Å²) in [4.78, 5) is 66.0. The van der Waals surface area contributed by atoms with Crippen LogP contribution in [0.25, 0.3) is 0 Å². The Kier molecular flexibility index (Phi) is 9.11. The van der Waals surface area contributed by atoms with Gasteiger partial charge in [-0.1, -0.05) is 20.8 Å². The number of nitrogens with one attached hydrogen (secondary N) is 1. The quantitative estimate of drug-likeness (QED) is 0.471. The van der Waals surface area contributed by atoms with Gasteiger partial charge in [0, 0.05) is 13.1 Å². The van der Waals surface area contributed by atoms with Crippen molar-refractivity contribution in [2.75, 3.05) is 6.61 Å². The predicted molar refractivity (Wildman–Crippen MR) is 117 cm³/mol. The molecule has 1 saturated heterocycles. The van der Waals surface area contributed by atoms with Crippen LogP contribution in [0.5, 0.6) is 5.75 Å². The molecule has 4 atom stereocenters. The number of hydrogen-bond acceptors (Lipinski definition) is 10. The number of esters is 4. The van der Waals surface area contributed by atoms with E-state index >= 15 is 0 Å². The summed E-state index contributed by atoms with van der Waals surface area (Å²) in [7, 11) is 0. The number of aromatic nitrogens is 1. The number of cyclic esters (lactones) is 2. The minimum Gasteiger partial charge on any atom is -0.463 e. The molecule has 2 heterocycles. The molecule has 186 valence electrons. The third-order valence-electron chi connectivity index (χ3n) is 5.17. The first-order valence-electron chi connectivity index (χ1n) is 11.0. The lowest BCUT2D eigenvalue weighted by Crippen LogP contribution is -2.47. The Balaban J connectivity index is 2.28. The second-order valence-corrected chi connectivity index (χ2v) is 8.27. The molecule has 0 radical (unpaired) electrons. The molecule has 11 nitrogen and oxygen atoms in total. The van der Waals surface area contributed by atoms with E-state index in [0.29, 0.717) is 5.56 Å². The van der Waals surface area contributed by atoms with Crippen LogP contribution >= 0.6 is 0 Å². The van der Waals surface area contributed by atoms with Crippen LogP contribution in [0.1, 0.15) is 57.1 Å². The summed E-state index contributed by atoms with van der Waals surface area (Å²) in [5.41, 5.74) is 0.255. The predicted octanol–water partition coefficient (Wildman–Crippen LogP) is 1.50. The van der Waals surface area contributed by atoms with Crippen molar-refractivity contribution < 1.29 is 42.9 Å². The Hall–Kier alpha value is -3.50. The summed E-state index contributed by atoms with van der Waals surface area (Å²) in [5.74, 6) is -4.99. The molecule has 1 aliphatic heterocycles. The molecule has 1 aromatic heterocycles. The smallest absolute Gasteiger partial charge is 0.332 e. The summed E-state index contributed by atoms with van der Waals surface area (Å²) in [6.45, 7) is 8.79. The second kappa shape index (κ2) is 11.6. The van der Waals surface area contributed by atoms with Crippen molar-refractivity contribution in [3.05, 3.63) is 23.5 Å². The van der Waals surface area contributed by atoms with Gasteiger partial charge in [-0.2, -0.15) is 0 Å². The molecule has 1 aliphatic rings. The minimum absolute atomic E-state index is 0.0546. The van der Waals surface area contributed by atoms with E-state index < -0.39 is 66.5 Å². The van der Waals surface area contributed by atoms with Crippen LogP contribution in [0.2, 0.25) is 0 Å². The maximum Gasteiger partial charge on any atom is 0.332 e. The minimum atomic E-state index is -1.37. The summed E-state index contributed by atoms with van der Waals surface area (Å²) < 4.78 is 21.3. The molecule has 1 fully saturated rings. The van der Waals surface area contributed by atoms with Gasteiger partial charge in [0.2, 0.25) is 0 Å². The lowest BCUT2D eigenvalue weighted by molar-refractivity contribution is -0.176. The number of amides is 1. The summed E-state index contributed by atoms with van der Waals surface area (Å²) >= 11 is 0. The fourth-order valence-electron chi connectivity index (χ4n) is 3.29. The fourth-order valence-corrected chi connectivity index (χ4v) is 3.29. The molecule has 1 N–H and O–H groups in total. The van der Waals surface area contributed by atoms with E-state index in [4.69, 9.17) is 18.9 Å². The van der Waals surface area contributed by atoms with Crippen molar-refractivity contribution in [1.82, 2.24) is 10.3 Å². The van der Waals surface area contributed by atoms with E-state index in [9.17, 15) is 24.0 Å². The van der Waals surface area contributed by atoms with Gasteiger partial charge < -0.3 is 24.3 Å². The third-order valence-corrected chi connectivity index (χ3v) is 5.17. The van der Waals surface area contributed by atoms with Crippen molar-refractivity contribution in [1.29, 1.82) is 0 Å². The summed E-state index contributed by atoms with van der Waals surface area (Å²) in [5, 5.41) is 2.42. The van der Waals surface area contributed by atoms with E-state index in [1.165, 1.54) is 20.0 Å². The Morgan fingerprint density at radius 3 is 2.50 bits per heavy atom. The molecule has 0 spiro atoms. The van der Waals surface area contributed by atoms with Crippen LogP contribution in [0, 0.1) is 18.8 Å². The number of rotatable bonds is 6. The zero-order valence-electron chi connectivity index (χ0n) is 20.1. The van der Waals surface area contributed by atoms with E-state index in [1.807, 2.05) is 0 Å². The lowest BCUT2D eigenvalue weighted by Gasteiger charge is -2.29. The zero-order valence-corrected chi connectivity index (χ0v) is 20.1. The van der Waals surface area contributed by atoms with Crippen molar-refractivity contribution in [3.8, 4) is 5.75 Å². The van der Waals surface area contributed by atoms with Crippen molar-refractivity contribution >= 4 is 29.8 Å². The average Bonchev–Trinajstić information content (AvgIpc) is 2.79. The van der Waals surface area contributed by atoms with Crippen LogP contribution in [0.3, 0.4) is 0 Å². The van der Waals surface area contributed by atoms with Gasteiger partial charge in [-0.3, -0.25) is 19.2 Å². The molecule has 0 bridgehead atoms. The number of aryl methyl sites for hydroxylation is 1. The molecular weight excluding hydrogens is 448 g/mol. The molecule has 0 saturated carbocycles. The maximum absolute atomic E-state index is 12.9. The Morgan fingerprint density at radius 2 is 1.91 bits per heavy atom. The monoisotopic (exact) mass is 478 g/mol. The number of ether oxygens (including phenoxy) is 4. The van der Waals surface area contributed by atoms with Crippen LogP contribution in [0.15, 0.2) is 12.3 Å². The van der Waals surface area contributed by atoms with Gasteiger partial charge in [0.1, 0.15) is 12.7 Å². The first-order valence-corrected chi connectivity index (χ1v) is 11.0. The molecule has 0 aliphatic carbocycles. The Morgan fingerprint density at radius 1 is 1.24 bits per heavy atom. The standard InChI is InChI=1S/C23H30N2O9/c1-7-15-19(34-21(28)11(2)3)13(5)32-23(30)16(10-31-22(15)29)25-20(27)17-18(33-14(6)26)12(4)8-9-24-17/h8-9,11,13,15-16,19H,7,10H2,1-6H3,(H,25,27). The van der Waals surface area contributed by atoms with Gasteiger partial charge in [-0.15, -0.1) is 0 Å². The number of pyridine rings is 1. The topological polar surface area (TPSA) is 147 Å². The van der Waals surface area contributed by atoms with Crippen LogP contribution in [-0.2, 0) is 33.4 Å². The first-order chi connectivity index (χ1) is 16.0. The highest BCUT2D eigenvalue weighted by atomic mass is 16.6. The molecular formula is C23H30N2O9. The van der Waals surface area contributed by atoms with Crippen LogP contribution < -0.4 is 10.1 Å². The molecule has 0 aromatic carbocycles. The Labute approximate surface area is 197 Å². The molecule has 34 heavy (non-hydrogen) atoms. The number of hydrogen-bond donors (Lipinski definition) is 1. The third kappa shape index (κ3) is 6.52. The maximum atomic E-state index is 12.9. The fraction of sp³-hybridized carbons (Fsp3) is 0.565. The van der Waals surface area contributed by atoms with Gasteiger partial charge >= 0.3 is 23.9 Å². The highest BCUT2D eigenvalue weighted by Gasteiger charge is 2.41. The largest absolute Gasteiger partial charge is 0.463 e. The highest BCUT2D eigenvalue weighted by Crippen LogP contribution is 2.24. The van der Waals surface area contributed by atoms with E-state index in [-0.39, 0.29) is 17.9 Å². The SMILES string of the molecule is CCC1C(=O)OCC(NC(=O)c2nccc(C)c2OC(C)=O)C(=O)OC(C)C1OC(=O)C(C)C. The average molecular weight is 478 g/mol. The van der Waals surface area contributed by atoms with Gasteiger partial charge in [0.05, 0.1) is 11.8 Å². The van der Waals surface area contributed by atoms with Crippen molar-refractivity contribution in [3.63, 3.8) is 0 Å². The molecule has 2 rings (SSSR count). The summed E-state index contributed by atoms with van der Waals surface area (Å²) in [6.07, 6.45) is -0.425. The van der Waals surface area contributed by atoms with Gasteiger partial charge in [0.15, 0.2) is 23.6 Å². The second-order valence-electron chi connectivity index (χ2n) is 8.27. The normalized spacial score (nSPS) is 23.0. The molecule has 4 unspecified atom stereocenters. The number of carbonyl (C=O) groups excluding carboxylic acids is 5. The van der Waals surface area contributed by atoms with Crippen molar-refractivity contribution in [2.24, 2.45) is 11.8 Å². The van der Waals surface area contributed by atoms with E-state index in [1.54, 1.807) is 33.8 Å². The lowest BCUT2D eigenvalue weighted by atomic mass is 9.95. The molecule has 11 heteroatoms. The number of carbonyl (C=O) groups is 5. The van der Waals surface area contributed by atoms with Crippen LogP contribution in [0.4, 0.5) is 0 Å². The van der Waals surface area contributed by atoms with Crippen LogP contribution in [-0.4, -0.2) is 59.6 Å². The zero-order chi connectivity index (χ0) is 25.6. The van der Waals surface area contributed by atoms with Gasteiger partial charge in [-0.05, 0) is 31.9 Å². The molecule has 1 amide bonds. The van der Waals surface area contributed by atoms with Gasteiger partial charge in [-0.25, -0.2) is 9.78 Å². The molecule has 1 aromatic rings. The highest BCUT2D eigenvalue weighted by molar-refractivity contribution is 5.98.